The zero-order chi connectivity index (χ0) is 16.5. The van der Waals surface area contributed by atoms with Crippen LogP contribution in [0.4, 0.5) is 0 Å². The Morgan fingerprint density at radius 2 is 1.76 bits per heavy atom. The Kier molecular flexibility index (Phi) is 8.98. The lowest BCUT2D eigenvalue weighted by atomic mass is 9.96. The highest BCUT2D eigenvalue weighted by Gasteiger charge is 2.24. The Morgan fingerprint density at radius 3 is 2.19 bits per heavy atom. The van der Waals surface area contributed by atoms with Gasteiger partial charge in [-0.25, -0.2) is 4.79 Å². The van der Waals surface area contributed by atoms with Gasteiger partial charge in [-0.15, -0.1) is 0 Å². The summed E-state index contributed by atoms with van der Waals surface area (Å²) in [5, 5.41) is 0. The number of esters is 2. The molecule has 4 heteroatoms. The van der Waals surface area contributed by atoms with Crippen LogP contribution in [0.3, 0.4) is 0 Å². The van der Waals surface area contributed by atoms with E-state index < -0.39 is 5.60 Å². The van der Waals surface area contributed by atoms with Crippen molar-refractivity contribution in [3.63, 3.8) is 0 Å². The van der Waals surface area contributed by atoms with Crippen molar-refractivity contribution in [2.24, 2.45) is 5.92 Å². The summed E-state index contributed by atoms with van der Waals surface area (Å²) in [5.74, 6) is -0.651. The first-order valence-corrected chi connectivity index (χ1v) is 7.84. The maximum atomic E-state index is 12.1. The Labute approximate surface area is 128 Å². The fourth-order valence-corrected chi connectivity index (χ4v) is 1.96. The van der Waals surface area contributed by atoms with Crippen LogP contribution in [0.15, 0.2) is 11.6 Å². The van der Waals surface area contributed by atoms with Gasteiger partial charge in [0.1, 0.15) is 5.60 Å². The van der Waals surface area contributed by atoms with Crippen LogP contribution in [0, 0.1) is 5.92 Å². The van der Waals surface area contributed by atoms with E-state index in [0.717, 1.165) is 6.42 Å². The van der Waals surface area contributed by atoms with Crippen molar-refractivity contribution in [3.05, 3.63) is 11.6 Å². The first kappa shape index (κ1) is 19.7. The lowest BCUT2D eigenvalue weighted by Gasteiger charge is -2.23. The highest BCUT2D eigenvalue weighted by atomic mass is 16.6. The minimum atomic E-state index is -0.478. The van der Waals surface area contributed by atoms with E-state index in [0.29, 0.717) is 31.4 Å². The van der Waals surface area contributed by atoms with Crippen LogP contribution in [0.1, 0.15) is 67.2 Å². The number of hydrogen-bond acceptors (Lipinski definition) is 4. The molecule has 0 fully saturated rings. The lowest BCUT2D eigenvalue weighted by Crippen LogP contribution is -2.28. The highest BCUT2D eigenvalue weighted by Crippen LogP contribution is 2.21. The quantitative estimate of drug-likeness (QED) is 0.501. The van der Waals surface area contributed by atoms with Gasteiger partial charge in [-0.3, -0.25) is 4.79 Å². The Balaban J connectivity index is 4.64. The average molecular weight is 298 g/mol. The lowest BCUT2D eigenvalue weighted by molar-refractivity contribution is -0.160. The number of rotatable bonds is 8. The molecule has 21 heavy (non-hydrogen) atoms. The van der Waals surface area contributed by atoms with E-state index in [-0.39, 0.29) is 17.9 Å². The number of carbonyl (C=O) groups is 2. The summed E-state index contributed by atoms with van der Waals surface area (Å²) < 4.78 is 10.5. The topological polar surface area (TPSA) is 52.6 Å². The van der Waals surface area contributed by atoms with Crippen molar-refractivity contribution in [2.75, 3.05) is 6.61 Å². The van der Waals surface area contributed by atoms with Crippen molar-refractivity contribution >= 4 is 11.9 Å². The van der Waals surface area contributed by atoms with Crippen LogP contribution in [0.25, 0.3) is 0 Å². The summed E-state index contributed by atoms with van der Waals surface area (Å²) >= 11 is 0. The number of ether oxygens (including phenoxy) is 2. The third-order valence-corrected chi connectivity index (χ3v) is 2.98. The minimum absolute atomic E-state index is 0.182. The molecule has 0 aliphatic rings. The largest absolute Gasteiger partial charge is 0.463 e. The summed E-state index contributed by atoms with van der Waals surface area (Å²) in [7, 11) is 0. The number of allylic oxidation sites excluding steroid dienone is 1. The maximum Gasteiger partial charge on any atom is 0.333 e. The van der Waals surface area contributed by atoms with Crippen molar-refractivity contribution in [2.45, 2.75) is 72.8 Å². The summed E-state index contributed by atoms with van der Waals surface area (Å²) in [5.41, 5.74) is 0.176. The number of hydrogen-bond donors (Lipinski definition) is 0. The molecular weight excluding hydrogens is 268 g/mol. The number of carbonyl (C=O) groups excluding carboxylic acids is 2. The fraction of sp³-hybridized carbons (Fsp3) is 0.765. The van der Waals surface area contributed by atoms with Crippen molar-refractivity contribution in [1.29, 1.82) is 0 Å². The molecule has 0 aromatic rings. The van der Waals surface area contributed by atoms with Gasteiger partial charge in [-0.2, -0.15) is 0 Å². The molecule has 0 saturated heterocycles. The van der Waals surface area contributed by atoms with Gasteiger partial charge in [-0.1, -0.05) is 19.9 Å². The van der Waals surface area contributed by atoms with Crippen molar-refractivity contribution in [1.82, 2.24) is 0 Å². The molecule has 0 saturated carbocycles. The van der Waals surface area contributed by atoms with Crippen LogP contribution in [0.2, 0.25) is 0 Å². The highest BCUT2D eigenvalue weighted by molar-refractivity contribution is 5.88. The second kappa shape index (κ2) is 9.59. The second-order valence-corrected chi connectivity index (χ2v) is 6.04. The van der Waals surface area contributed by atoms with E-state index in [4.69, 9.17) is 9.47 Å². The normalized spacial score (nSPS) is 13.7. The van der Waals surface area contributed by atoms with E-state index in [9.17, 15) is 9.59 Å². The molecule has 0 aliphatic heterocycles. The molecule has 0 spiro atoms. The van der Waals surface area contributed by atoms with E-state index in [1.165, 1.54) is 0 Å². The average Bonchev–Trinajstić information content (AvgIpc) is 2.36. The van der Waals surface area contributed by atoms with E-state index >= 15 is 0 Å². The molecule has 0 N–H and O–H groups in total. The van der Waals surface area contributed by atoms with Crippen LogP contribution in [-0.4, -0.2) is 24.1 Å². The summed E-state index contributed by atoms with van der Waals surface area (Å²) in [4.78, 5) is 23.9. The van der Waals surface area contributed by atoms with Gasteiger partial charge >= 0.3 is 11.9 Å². The molecule has 0 aliphatic carbocycles. The predicted octanol–water partition coefficient (Wildman–Crippen LogP) is 4.03. The van der Waals surface area contributed by atoms with Crippen molar-refractivity contribution < 1.29 is 19.1 Å². The van der Waals surface area contributed by atoms with E-state index in [1.54, 1.807) is 6.92 Å². The van der Waals surface area contributed by atoms with Gasteiger partial charge in [0.2, 0.25) is 0 Å². The minimum Gasteiger partial charge on any atom is -0.463 e. The van der Waals surface area contributed by atoms with Gasteiger partial charge in [0, 0.05) is 5.57 Å². The molecule has 0 rings (SSSR count). The molecule has 0 aromatic carbocycles. The van der Waals surface area contributed by atoms with Crippen LogP contribution in [-0.2, 0) is 19.1 Å². The van der Waals surface area contributed by atoms with Gasteiger partial charge in [0.15, 0.2) is 0 Å². The third kappa shape index (κ3) is 8.53. The maximum absolute atomic E-state index is 12.1. The van der Waals surface area contributed by atoms with Crippen molar-refractivity contribution in [3.8, 4) is 0 Å². The molecule has 0 amide bonds. The smallest absolute Gasteiger partial charge is 0.333 e. The SMILES string of the molecule is CC/C=C(/CCC(CC)C(=O)OC(C)(C)C)C(=O)OCC. The molecule has 4 nitrogen and oxygen atoms in total. The summed E-state index contributed by atoms with van der Waals surface area (Å²) in [6.45, 7) is 11.7. The van der Waals surface area contributed by atoms with Gasteiger partial charge < -0.3 is 9.47 Å². The van der Waals surface area contributed by atoms with Crippen LogP contribution in [0.5, 0.6) is 0 Å². The molecule has 0 bridgehead atoms. The molecular formula is C17H30O4. The zero-order valence-corrected chi connectivity index (χ0v) is 14.3. The van der Waals surface area contributed by atoms with Crippen LogP contribution >= 0.6 is 0 Å². The molecule has 0 aromatic heterocycles. The first-order chi connectivity index (χ1) is 9.75. The Bertz CT molecular complexity index is 363. The molecule has 0 radical (unpaired) electrons. The molecule has 0 heterocycles. The summed E-state index contributed by atoms with van der Waals surface area (Å²) in [6.07, 6.45) is 4.51. The second-order valence-electron chi connectivity index (χ2n) is 6.04. The van der Waals surface area contributed by atoms with Crippen LogP contribution < -0.4 is 0 Å². The Morgan fingerprint density at radius 1 is 1.14 bits per heavy atom. The van der Waals surface area contributed by atoms with E-state index in [1.807, 2.05) is 40.7 Å². The fourth-order valence-electron chi connectivity index (χ4n) is 1.96. The standard InChI is InChI=1S/C17H30O4/c1-7-10-14(15(18)20-9-3)12-11-13(8-2)16(19)21-17(4,5)6/h10,13H,7-9,11-12H2,1-6H3/b14-10-. The third-order valence-electron chi connectivity index (χ3n) is 2.98. The zero-order valence-electron chi connectivity index (χ0n) is 14.3. The van der Waals surface area contributed by atoms with Gasteiger partial charge in [0.25, 0.3) is 0 Å². The van der Waals surface area contributed by atoms with Gasteiger partial charge in [0.05, 0.1) is 12.5 Å². The molecule has 122 valence electrons. The van der Waals surface area contributed by atoms with E-state index in [2.05, 4.69) is 0 Å². The van der Waals surface area contributed by atoms with Gasteiger partial charge in [-0.05, 0) is 53.4 Å². The first-order valence-electron chi connectivity index (χ1n) is 7.84. The monoisotopic (exact) mass is 298 g/mol. The Hall–Kier alpha value is -1.32. The molecule has 1 atom stereocenters. The summed E-state index contributed by atoms with van der Waals surface area (Å²) in [6, 6.07) is 0. The molecule has 1 unspecified atom stereocenters. The predicted molar refractivity (Wildman–Crippen MR) is 83.9 cm³/mol.